The average molecular weight is 426 g/mol. The summed E-state index contributed by atoms with van der Waals surface area (Å²) in [5, 5.41) is 10.4. The molecule has 1 aromatic carbocycles. The Balaban J connectivity index is 1.50. The number of sulfonamides is 1. The summed E-state index contributed by atoms with van der Waals surface area (Å²) < 4.78 is 32.8. The second-order valence-corrected chi connectivity index (χ2v) is 10.1. The molecule has 29 heavy (non-hydrogen) atoms. The van der Waals surface area contributed by atoms with Crippen molar-refractivity contribution in [1.82, 2.24) is 14.1 Å². The van der Waals surface area contributed by atoms with Crippen molar-refractivity contribution in [3.05, 3.63) is 29.8 Å². The zero-order valence-corrected chi connectivity index (χ0v) is 18.5. The maximum absolute atomic E-state index is 13.0. The highest BCUT2D eigenvalue weighted by Crippen LogP contribution is 2.23. The molecular weight excluding hydrogens is 390 g/mol. The minimum absolute atomic E-state index is 0.366. The highest BCUT2D eigenvalue weighted by Gasteiger charge is 2.29. The van der Waals surface area contributed by atoms with E-state index in [1.54, 1.807) is 16.4 Å². The minimum atomic E-state index is -3.46. The molecule has 2 heterocycles. The van der Waals surface area contributed by atoms with Crippen molar-refractivity contribution in [2.24, 2.45) is 0 Å². The van der Waals surface area contributed by atoms with Crippen molar-refractivity contribution in [3.63, 3.8) is 0 Å². The van der Waals surface area contributed by atoms with Crippen LogP contribution in [0.25, 0.3) is 0 Å². The molecule has 1 N–H and O–H groups in total. The van der Waals surface area contributed by atoms with E-state index in [9.17, 15) is 13.5 Å². The highest BCUT2D eigenvalue weighted by molar-refractivity contribution is 7.89. The van der Waals surface area contributed by atoms with E-state index >= 15 is 0 Å². The van der Waals surface area contributed by atoms with Crippen LogP contribution in [0.1, 0.15) is 31.7 Å². The van der Waals surface area contributed by atoms with Crippen LogP contribution < -0.4 is 0 Å². The quantitative estimate of drug-likeness (QED) is 0.675. The number of nitrogens with zero attached hydrogens (tertiary/aromatic N) is 3. The summed E-state index contributed by atoms with van der Waals surface area (Å²) in [5.41, 5.74) is 1.17. The Hall–Kier alpha value is -1.03. The number of benzene rings is 1. The van der Waals surface area contributed by atoms with Gasteiger partial charge < -0.3 is 9.84 Å². The molecule has 2 aliphatic heterocycles. The third-order valence-electron chi connectivity index (χ3n) is 6.07. The number of piperazine rings is 1. The van der Waals surface area contributed by atoms with E-state index in [4.69, 9.17) is 4.74 Å². The third-order valence-corrected chi connectivity index (χ3v) is 7.99. The lowest BCUT2D eigenvalue weighted by molar-refractivity contribution is 0.00469. The van der Waals surface area contributed by atoms with Crippen molar-refractivity contribution in [1.29, 1.82) is 0 Å². The van der Waals surface area contributed by atoms with Gasteiger partial charge in [-0.3, -0.25) is 9.80 Å². The van der Waals surface area contributed by atoms with Crippen LogP contribution in [-0.4, -0.2) is 99.3 Å². The Morgan fingerprint density at radius 2 is 1.52 bits per heavy atom. The van der Waals surface area contributed by atoms with Gasteiger partial charge in [-0.05, 0) is 30.0 Å². The van der Waals surface area contributed by atoms with E-state index < -0.39 is 16.1 Å². The SMILES string of the molecule is CC[C@@H](C)c1ccc(S(=O)(=O)N2CCN(C[C@@H](O)CN3CCOCC3)CC2)cc1. The summed E-state index contributed by atoms with van der Waals surface area (Å²) in [6.45, 7) is 10.9. The van der Waals surface area contributed by atoms with Gasteiger partial charge in [0.1, 0.15) is 0 Å². The summed E-state index contributed by atoms with van der Waals surface area (Å²) >= 11 is 0. The van der Waals surface area contributed by atoms with Crippen molar-refractivity contribution < 1.29 is 18.3 Å². The van der Waals surface area contributed by atoms with Gasteiger partial charge in [-0.15, -0.1) is 0 Å². The summed E-state index contributed by atoms with van der Waals surface area (Å²) in [6, 6.07) is 7.32. The molecule has 1 aromatic rings. The van der Waals surface area contributed by atoms with Gasteiger partial charge in [0.05, 0.1) is 24.2 Å². The minimum Gasteiger partial charge on any atom is -0.390 e. The lowest BCUT2D eigenvalue weighted by atomic mass is 9.99. The fraction of sp³-hybridized carbons (Fsp3) is 0.714. The fourth-order valence-electron chi connectivity index (χ4n) is 3.94. The van der Waals surface area contributed by atoms with Crippen LogP contribution >= 0.6 is 0 Å². The molecule has 2 saturated heterocycles. The van der Waals surface area contributed by atoms with Crippen molar-refractivity contribution in [2.45, 2.75) is 37.2 Å². The topological polar surface area (TPSA) is 73.3 Å². The van der Waals surface area contributed by atoms with Crippen LogP contribution in [0.2, 0.25) is 0 Å². The molecule has 0 amide bonds. The standard InChI is InChI=1S/C21H35N3O4S/c1-3-18(2)19-4-6-21(7-5-19)29(26,27)24-10-8-22(9-11-24)16-20(25)17-23-12-14-28-15-13-23/h4-7,18,20,25H,3,8-17H2,1-2H3/t18-,20-/m1/s1. The van der Waals surface area contributed by atoms with Gasteiger partial charge in [-0.25, -0.2) is 8.42 Å². The average Bonchev–Trinajstić information content (AvgIpc) is 2.74. The molecule has 0 aliphatic carbocycles. The molecule has 0 bridgehead atoms. The second kappa shape index (κ2) is 10.3. The maximum Gasteiger partial charge on any atom is 0.243 e. The van der Waals surface area contributed by atoms with Crippen molar-refractivity contribution in [2.75, 3.05) is 65.6 Å². The van der Waals surface area contributed by atoms with E-state index in [-0.39, 0.29) is 0 Å². The number of aliphatic hydroxyl groups is 1. The van der Waals surface area contributed by atoms with Crippen LogP contribution in [0.4, 0.5) is 0 Å². The van der Waals surface area contributed by atoms with Gasteiger partial charge in [0, 0.05) is 52.4 Å². The first kappa shape index (κ1) is 22.7. The van der Waals surface area contributed by atoms with Crippen LogP contribution in [0, 0.1) is 0 Å². The van der Waals surface area contributed by atoms with Crippen molar-refractivity contribution in [3.8, 4) is 0 Å². The molecule has 164 valence electrons. The molecule has 0 unspecified atom stereocenters. The predicted molar refractivity (Wildman–Crippen MR) is 114 cm³/mol. The first-order valence-electron chi connectivity index (χ1n) is 10.7. The third kappa shape index (κ3) is 5.99. The van der Waals surface area contributed by atoms with Gasteiger partial charge in [0.15, 0.2) is 0 Å². The highest BCUT2D eigenvalue weighted by atomic mass is 32.2. The van der Waals surface area contributed by atoms with Crippen LogP contribution in [-0.2, 0) is 14.8 Å². The molecule has 0 radical (unpaired) electrons. The Labute approximate surface area is 175 Å². The van der Waals surface area contributed by atoms with Crippen LogP contribution in [0.15, 0.2) is 29.2 Å². The zero-order valence-electron chi connectivity index (χ0n) is 17.7. The molecule has 3 rings (SSSR count). The van der Waals surface area contributed by atoms with E-state index in [1.165, 1.54) is 5.56 Å². The zero-order chi connectivity index (χ0) is 20.9. The molecular formula is C21H35N3O4S. The lowest BCUT2D eigenvalue weighted by Gasteiger charge is -2.36. The normalized spacial score (nSPS) is 22.4. The Morgan fingerprint density at radius 3 is 2.07 bits per heavy atom. The Morgan fingerprint density at radius 1 is 0.966 bits per heavy atom. The van der Waals surface area contributed by atoms with E-state index in [0.717, 1.165) is 32.7 Å². The number of ether oxygens (including phenoxy) is 1. The summed E-state index contributed by atoms with van der Waals surface area (Å²) in [4.78, 5) is 4.74. The number of morpholine rings is 1. The Bertz CT molecular complexity index is 727. The van der Waals surface area contributed by atoms with E-state index in [0.29, 0.717) is 50.1 Å². The van der Waals surface area contributed by atoms with Gasteiger partial charge in [0.25, 0.3) is 0 Å². The van der Waals surface area contributed by atoms with Gasteiger partial charge >= 0.3 is 0 Å². The maximum atomic E-state index is 13.0. The molecule has 0 saturated carbocycles. The summed E-state index contributed by atoms with van der Waals surface area (Å²) in [5.74, 6) is 0.430. The molecule has 0 spiro atoms. The first-order chi connectivity index (χ1) is 13.9. The smallest absolute Gasteiger partial charge is 0.243 e. The van der Waals surface area contributed by atoms with Gasteiger partial charge in [0.2, 0.25) is 10.0 Å². The first-order valence-corrected chi connectivity index (χ1v) is 12.1. The molecule has 7 nitrogen and oxygen atoms in total. The molecule has 2 aliphatic rings. The largest absolute Gasteiger partial charge is 0.390 e. The molecule has 0 aromatic heterocycles. The molecule has 8 heteroatoms. The molecule has 2 fully saturated rings. The van der Waals surface area contributed by atoms with Crippen LogP contribution in [0.3, 0.4) is 0 Å². The monoisotopic (exact) mass is 425 g/mol. The van der Waals surface area contributed by atoms with E-state index in [2.05, 4.69) is 23.6 Å². The second-order valence-electron chi connectivity index (χ2n) is 8.15. The number of hydrogen-bond donors (Lipinski definition) is 1. The van der Waals surface area contributed by atoms with Gasteiger partial charge in [-0.2, -0.15) is 4.31 Å². The fourth-order valence-corrected chi connectivity index (χ4v) is 5.37. The Kier molecular flexibility index (Phi) is 8.07. The number of aliphatic hydroxyl groups excluding tert-OH is 1. The number of hydrogen-bond acceptors (Lipinski definition) is 6. The summed E-state index contributed by atoms with van der Waals surface area (Å²) in [7, 11) is -3.46. The van der Waals surface area contributed by atoms with Gasteiger partial charge in [-0.1, -0.05) is 26.0 Å². The number of rotatable bonds is 8. The lowest BCUT2D eigenvalue weighted by Crippen LogP contribution is -2.52. The number of β-amino-alcohol motifs (C(OH)–C–C–N with tert-alkyl or cyclic N) is 1. The van der Waals surface area contributed by atoms with Crippen molar-refractivity contribution >= 4 is 10.0 Å². The molecule has 2 atom stereocenters. The van der Waals surface area contributed by atoms with E-state index in [1.807, 2.05) is 12.1 Å². The van der Waals surface area contributed by atoms with Crippen LogP contribution in [0.5, 0.6) is 0 Å². The predicted octanol–water partition coefficient (Wildman–Crippen LogP) is 1.20. The summed E-state index contributed by atoms with van der Waals surface area (Å²) in [6.07, 6.45) is 0.607.